The number of aliphatic hydroxyl groups is 1. The fourth-order valence-corrected chi connectivity index (χ4v) is 2.13. The first kappa shape index (κ1) is 13.8. The summed E-state index contributed by atoms with van der Waals surface area (Å²) in [4.78, 5) is 5.95. The van der Waals surface area contributed by atoms with E-state index in [0.717, 1.165) is 0 Å². The second kappa shape index (κ2) is 5.99. The van der Waals surface area contributed by atoms with Crippen LogP contribution in [0.1, 0.15) is 11.1 Å². The molecule has 1 N–H and O–H groups in total. The number of nitrogens with zero attached hydrogens (tertiary/aromatic N) is 2. The van der Waals surface area contributed by atoms with E-state index in [1.807, 2.05) is 0 Å². The van der Waals surface area contributed by atoms with E-state index < -0.39 is 0 Å². The van der Waals surface area contributed by atoms with E-state index in [4.69, 9.17) is 16.7 Å². The monoisotopic (exact) mass is 280 g/mol. The summed E-state index contributed by atoms with van der Waals surface area (Å²) in [7, 11) is 1.79. The first-order valence-corrected chi connectivity index (χ1v) is 6.19. The number of hydrogen-bond acceptors (Lipinski definition) is 3. The molecular weight excluding hydrogens is 267 g/mol. The van der Waals surface area contributed by atoms with Crippen molar-refractivity contribution in [1.82, 2.24) is 4.98 Å². The van der Waals surface area contributed by atoms with E-state index in [0.29, 0.717) is 28.5 Å². The van der Waals surface area contributed by atoms with E-state index in [1.54, 1.807) is 42.4 Å². The predicted molar refractivity (Wildman–Crippen MR) is 73.7 cm³/mol. The lowest BCUT2D eigenvalue weighted by Gasteiger charge is -2.20. The highest BCUT2D eigenvalue weighted by Gasteiger charge is 2.11. The zero-order chi connectivity index (χ0) is 13.8. The maximum absolute atomic E-state index is 13.6. The number of anilines is 1. The highest BCUT2D eigenvalue weighted by atomic mass is 35.5. The van der Waals surface area contributed by atoms with Gasteiger partial charge in [0, 0.05) is 25.4 Å². The molecule has 100 valence electrons. The van der Waals surface area contributed by atoms with Gasteiger partial charge in [0.2, 0.25) is 0 Å². The van der Waals surface area contributed by atoms with Gasteiger partial charge < -0.3 is 10.0 Å². The van der Waals surface area contributed by atoms with Gasteiger partial charge in [-0.15, -0.1) is 0 Å². The van der Waals surface area contributed by atoms with Crippen LogP contribution in [0.4, 0.5) is 10.2 Å². The van der Waals surface area contributed by atoms with Crippen LogP contribution in [-0.2, 0) is 13.2 Å². The molecule has 0 unspecified atom stereocenters. The maximum atomic E-state index is 13.6. The Kier molecular flexibility index (Phi) is 4.35. The third kappa shape index (κ3) is 3.22. The number of hydrogen-bond donors (Lipinski definition) is 1. The average Bonchev–Trinajstić information content (AvgIpc) is 2.41. The summed E-state index contributed by atoms with van der Waals surface area (Å²) in [5.74, 6) is 0.305. The minimum atomic E-state index is -0.252. The van der Waals surface area contributed by atoms with Gasteiger partial charge in [-0.25, -0.2) is 9.37 Å². The molecule has 0 amide bonds. The Morgan fingerprint density at radius 3 is 2.74 bits per heavy atom. The van der Waals surface area contributed by atoms with Crippen molar-refractivity contribution < 1.29 is 9.50 Å². The molecule has 0 aliphatic carbocycles. The van der Waals surface area contributed by atoms with Gasteiger partial charge in [-0.05, 0) is 17.7 Å². The Hall–Kier alpha value is -1.65. The van der Waals surface area contributed by atoms with Crippen LogP contribution in [0.5, 0.6) is 0 Å². The predicted octanol–water partition coefficient (Wildman–Crippen LogP) is 3.00. The maximum Gasteiger partial charge on any atom is 0.147 e. The van der Waals surface area contributed by atoms with E-state index in [-0.39, 0.29) is 12.4 Å². The molecule has 0 fully saturated rings. The Bertz CT molecular complexity index is 577. The number of pyridine rings is 1. The average molecular weight is 281 g/mol. The standard InChI is InChI=1S/C14H14ClFN2O/c1-18(8-11-4-2-3-5-13(11)16)14-12(15)6-10(9-19)7-17-14/h2-7,19H,8-9H2,1H3. The van der Waals surface area contributed by atoms with Crippen LogP contribution >= 0.6 is 11.6 Å². The lowest BCUT2D eigenvalue weighted by Crippen LogP contribution is -2.19. The summed E-state index contributed by atoms with van der Waals surface area (Å²) in [6, 6.07) is 8.24. The van der Waals surface area contributed by atoms with E-state index >= 15 is 0 Å². The zero-order valence-electron chi connectivity index (χ0n) is 10.5. The minimum Gasteiger partial charge on any atom is -0.392 e. The van der Waals surface area contributed by atoms with Gasteiger partial charge in [0.05, 0.1) is 11.6 Å². The lowest BCUT2D eigenvalue weighted by atomic mass is 10.2. The Morgan fingerprint density at radius 1 is 1.37 bits per heavy atom. The molecular formula is C14H14ClFN2O. The van der Waals surface area contributed by atoms with Crippen molar-refractivity contribution in [3.05, 3.63) is 58.5 Å². The highest BCUT2D eigenvalue weighted by Crippen LogP contribution is 2.24. The molecule has 5 heteroatoms. The Morgan fingerprint density at radius 2 is 2.11 bits per heavy atom. The lowest BCUT2D eigenvalue weighted by molar-refractivity contribution is 0.281. The molecule has 3 nitrogen and oxygen atoms in total. The van der Waals surface area contributed by atoms with Gasteiger partial charge in [0.1, 0.15) is 11.6 Å². The SMILES string of the molecule is CN(Cc1ccccc1F)c1ncc(CO)cc1Cl. The van der Waals surface area contributed by atoms with Gasteiger partial charge >= 0.3 is 0 Å². The number of rotatable bonds is 4. The molecule has 0 aliphatic rings. The smallest absolute Gasteiger partial charge is 0.147 e. The van der Waals surface area contributed by atoms with Crippen LogP contribution in [0.2, 0.25) is 5.02 Å². The van der Waals surface area contributed by atoms with Crippen molar-refractivity contribution in [2.75, 3.05) is 11.9 Å². The van der Waals surface area contributed by atoms with Crippen molar-refractivity contribution in [3.8, 4) is 0 Å². The third-order valence-electron chi connectivity index (χ3n) is 2.79. The minimum absolute atomic E-state index is 0.107. The quantitative estimate of drug-likeness (QED) is 0.935. The molecule has 0 spiro atoms. The highest BCUT2D eigenvalue weighted by molar-refractivity contribution is 6.33. The van der Waals surface area contributed by atoms with Crippen molar-refractivity contribution in [2.45, 2.75) is 13.2 Å². The molecule has 0 atom stereocenters. The number of benzene rings is 1. The molecule has 2 aromatic rings. The van der Waals surface area contributed by atoms with E-state index in [2.05, 4.69) is 4.98 Å². The van der Waals surface area contributed by atoms with Gasteiger partial charge in [0.25, 0.3) is 0 Å². The molecule has 19 heavy (non-hydrogen) atoms. The summed E-state index contributed by atoms with van der Waals surface area (Å²) < 4.78 is 13.6. The van der Waals surface area contributed by atoms with Crippen molar-refractivity contribution in [1.29, 1.82) is 0 Å². The summed E-state index contributed by atoms with van der Waals surface area (Å²) in [5, 5.41) is 9.44. The number of halogens is 2. The fraction of sp³-hybridized carbons (Fsp3) is 0.214. The third-order valence-corrected chi connectivity index (χ3v) is 3.07. The van der Waals surface area contributed by atoms with Crippen LogP contribution in [0.3, 0.4) is 0 Å². The van der Waals surface area contributed by atoms with Gasteiger partial charge in [-0.3, -0.25) is 0 Å². The molecule has 2 rings (SSSR count). The fourth-order valence-electron chi connectivity index (χ4n) is 1.79. The van der Waals surface area contributed by atoms with Crippen LogP contribution in [-0.4, -0.2) is 17.1 Å². The summed E-state index contributed by atoms with van der Waals surface area (Å²) >= 11 is 6.10. The van der Waals surface area contributed by atoms with Gasteiger partial charge in [-0.1, -0.05) is 29.8 Å². The van der Waals surface area contributed by atoms with Gasteiger partial charge in [0.15, 0.2) is 0 Å². The summed E-state index contributed by atoms with van der Waals surface area (Å²) in [6.45, 7) is 0.266. The molecule has 1 aromatic heterocycles. The van der Waals surface area contributed by atoms with Crippen LogP contribution < -0.4 is 4.90 Å². The van der Waals surface area contributed by atoms with E-state index in [9.17, 15) is 4.39 Å². The first-order valence-electron chi connectivity index (χ1n) is 5.81. The zero-order valence-corrected chi connectivity index (χ0v) is 11.2. The summed E-state index contributed by atoms with van der Waals surface area (Å²) in [5.41, 5.74) is 1.22. The Balaban J connectivity index is 2.21. The molecule has 0 radical (unpaired) electrons. The molecule has 1 aromatic carbocycles. The second-order valence-electron chi connectivity index (χ2n) is 4.25. The molecule has 0 saturated carbocycles. The van der Waals surface area contributed by atoms with Crippen molar-refractivity contribution in [2.24, 2.45) is 0 Å². The molecule has 0 bridgehead atoms. The molecule has 1 heterocycles. The topological polar surface area (TPSA) is 36.4 Å². The first-order chi connectivity index (χ1) is 9.11. The van der Waals surface area contributed by atoms with Crippen molar-refractivity contribution >= 4 is 17.4 Å². The van der Waals surface area contributed by atoms with Crippen molar-refractivity contribution in [3.63, 3.8) is 0 Å². The van der Waals surface area contributed by atoms with Crippen LogP contribution in [0.15, 0.2) is 36.5 Å². The van der Waals surface area contributed by atoms with Crippen LogP contribution in [0, 0.1) is 5.82 Å². The van der Waals surface area contributed by atoms with E-state index in [1.165, 1.54) is 6.07 Å². The normalized spacial score (nSPS) is 10.5. The molecule has 0 saturated heterocycles. The Labute approximate surface area is 116 Å². The summed E-state index contributed by atoms with van der Waals surface area (Å²) in [6.07, 6.45) is 1.55. The number of aliphatic hydroxyl groups excluding tert-OH is 1. The number of aromatic nitrogens is 1. The molecule has 0 aliphatic heterocycles. The van der Waals surface area contributed by atoms with Crippen LogP contribution in [0.25, 0.3) is 0 Å². The largest absolute Gasteiger partial charge is 0.392 e. The second-order valence-corrected chi connectivity index (χ2v) is 4.66. The van der Waals surface area contributed by atoms with Gasteiger partial charge in [-0.2, -0.15) is 0 Å².